The first-order valence-corrected chi connectivity index (χ1v) is 3.69. The maximum atomic E-state index is 10.5. The Labute approximate surface area is 76.0 Å². The molecule has 0 bridgehead atoms. The molecule has 1 amide bonds. The Morgan fingerprint density at radius 3 is 2.46 bits per heavy atom. The molecule has 3 N–H and O–H groups in total. The number of amidine groups is 1. The zero-order chi connectivity index (χ0) is 10.4. The van der Waals surface area contributed by atoms with Crippen molar-refractivity contribution < 1.29 is 14.7 Å². The maximum absolute atomic E-state index is 10.5. The second kappa shape index (κ2) is 5.08. The van der Waals surface area contributed by atoms with Crippen molar-refractivity contribution in [1.82, 2.24) is 0 Å². The average Bonchev–Trinajstić information content (AvgIpc) is 1.98. The van der Waals surface area contributed by atoms with E-state index in [1.165, 1.54) is 13.0 Å². The number of nitrogens with two attached hydrogens (primary N) is 1. The molecule has 13 heavy (non-hydrogen) atoms. The summed E-state index contributed by atoms with van der Waals surface area (Å²) in [6, 6.07) is 0. The van der Waals surface area contributed by atoms with Gasteiger partial charge in [-0.3, -0.25) is 4.79 Å². The number of hydrogen-bond acceptors (Lipinski definition) is 2. The number of nitrogens with zero attached hydrogens (tertiary/aromatic N) is 1. The molecule has 0 aliphatic carbocycles. The zero-order valence-corrected chi connectivity index (χ0v) is 7.52. The van der Waals surface area contributed by atoms with Crippen LogP contribution in [0.25, 0.3) is 0 Å². The fourth-order valence-electron chi connectivity index (χ4n) is 0.609. The predicted molar refractivity (Wildman–Crippen MR) is 48.2 cm³/mol. The van der Waals surface area contributed by atoms with E-state index in [2.05, 4.69) is 4.99 Å². The number of carbonyl (C=O) groups is 2. The molecule has 5 heteroatoms. The van der Waals surface area contributed by atoms with Crippen LogP contribution in [0, 0.1) is 5.92 Å². The van der Waals surface area contributed by atoms with Crippen molar-refractivity contribution in [3.63, 3.8) is 0 Å². The van der Waals surface area contributed by atoms with Crippen LogP contribution in [0.15, 0.2) is 17.1 Å². The molecule has 1 atom stereocenters. The zero-order valence-electron chi connectivity index (χ0n) is 7.52. The largest absolute Gasteiger partial charge is 0.478 e. The summed E-state index contributed by atoms with van der Waals surface area (Å²) in [7, 11) is 0. The number of carbonyl (C=O) groups excluding carboxylic acids is 1. The molecule has 72 valence electrons. The Morgan fingerprint density at radius 2 is 2.08 bits per heavy atom. The summed E-state index contributed by atoms with van der Waals surface area (Å²) in [5, 5.41) is 8.29. The second-order valence-electron chi connectivity index (χ2n) is 2.54. The van der Waals surface area contributed by atoms with E-state index >= 15 is 0 Å². The Hall–Kier alpha value is -1.65. The van der Waals surface area contributed by atoms with Gasteiger partial charge in [0.25, 0.3) is 0 Å². The van der Waals surface area contributed by atoms with Crippen LogP contribution in [0.2, 0.25) is 0 Å². The lowest BCUT2D eigenvalue weighted by molar-refractivity contribution is -0.131. The number of hydrogen-bond donors (Lipinski definition) is 2. The summed E-state index contributed by atoms with van der Waals surface area (Å²) in [5.74, 6) is -1.68. The molecule has 0 fully saturated rings. The molecule has 5 nitrogen and oxygen atoms in total. The molecule has 0 radical (unpaired) electrons. The highest BCUT2D eigenvalue weighted by atomic mass is 16.4. The molecule has 0 aromatic rings. The van der Waals surface area contributed by atoms with Gasteiger partial charge in [-0.1, -0.05) is 13.0 Å². The van der Waals surface area contributed by atoms with Crippen molar-refractivity contribution >= 4 is 17.7 Å². The lowest BCUT2D eigenvalue weighted by Crippen LogP contribution is -2.21. The maximum Gasteiger partial charge on any atom is 0.327 e. The molecule has 0 spiro atoms. The SMILES string of the molecule is CC(=O)N=C(N)C(C)/C=C\C(=O)O. The minimum atomic E-state index is -1.05. The number of aliphatic carboxylic acids is 1. The molecule has 0 saturated heterocycles. The molecule has 0 aromatic carbocycles. The summed E-state index contributed by atoms with van der Waals surface area (Å²) >= 11 is 0. The summed E-state index contributed by atoms with van der Waals surface area (Å²) in [6.07, 6.45) is 2.33. The van der Waals surface area contributed by atoms with Gasteiger partial charge in [-0.2, -0.15) is 0 Å². The summed E-state index contributed by atoms with van der Waals surface area (Å²) in [4.78, 5) is 24.1. The topological polar surface area (TPSA) is 92.8 Å². The van der Waals surface area contributed by atoms with E-state index in [0.717, 1.165) is 6.08 Å². The quantitative estimate of drug-likeness (QED) is 0.371. The van der Waals surface area contributed by atoms with E-state index in [-0.39, 0.29) is 11.8 Å². The molecule has 0 aromatic heterocycles. The number of aliphatic imine (C=N–C) groups is 1. The van der Waals surface area contributed by atoms with Crippen LogP contribution in [0.4, 0.5) is 0 Å². The van der Waals surface area contributed by atoms with Gasteiger partial charge in [0, 0.05) is 18.9 Å². The molecular formula is C8H12N2O3. The highest BCUT2D eigenvalue weighted by molar-refractivity contribution is 5.95. The minimum absolute atomic E-state index is 0.116. The molecule has 0 heterocycles. The third kappa shape index (κ3) is 5.60. The van der Waals surface area contributed by atoms with E-state index in [0.29, 0.717) is 0 Å². The van der Waals surface area contributed by atoms with E-state index in [4.69, 9.17) is 10.8 Å². The van der Waals surface area contributed by atoms with Gasteiger partial charge in [0.1, 0.15) is 5.84 Å². The monoisotopic (exact) mass is 184 g/mol. The highest BCUT2D eigenvalue weighted by Crippen LogP contribution is 1.97. The lowest BCUT2D eigenvalue weighted by atomic mass is 10.1. The number of amides is 1. The number of carboxylic acid groups (broad SMARTS) is 1. The van der Waals surface area contributed by atoms with Crippen molar-refractivity contribution in [2.24, 2.45) is 16.6 Å². The Kier molecular flexibility index (Phi) is 4.43. The van der Waals surface area contributed by atoms with Crippen LogP contribution in [-0.2, 0) is 9.59 Å². The van der Waals surface area contributed by atoms with Gasteiger partial charge in [0.2, 0.25) is 5.91 Å². The van der Waals surface area contributed by atoms with Crippen molar-refractivity contribution in [1.29, 1.82) is 0 Å². The van der Waals surface area contributed by atoms with Crippen molar-refractivity contribution in [3.8, 4) is 0 Å². The van der Waals surface area contributed by atoms with Gasteiger partial charge in [-0.25, -0.2) is 9.79 Å². The predicted octanol–water partition coefficient (Wildman–Crippen LogP) is 0.167. The number of carboxylic acids is 1. The summed E-state index contributed by atoms with van der Waals surface area (Å²) in [6.45, 7) is 2.93. The van der Waals surface area contributed by atoms with E-state index < -0.39 is 11.9 Å². The van der Waals surface area contributed by atoms with Gasteiger partial charge >= 0.3 is 5.97 Å². The smallest absolute Gasteiger partial charge is 0.327 e. The normalized spacial score (nSPS) is 14.5. The van der Waals surface area contributed by atoms with Crippen LogP contribution < -0.4 is 5.73 Å². The second-order valence-corrected chi connectivity index (χ2v) is 2.54. The van der Waals surface area contributed by atoms with Crippen molar-refractivity contribution in [2.45, 2.75) is 13.8 Å². The van der Waals surface area contributed by atoms with Gasteiger partial charge in [-0.15, -0.1) is 0 Å². The first-order valence-electron chi connectivity index (χ1n) is 3.69. The number of rotatable bonds is 3. The fourth-order valence-corrected chi connectivity index (χ4v) is 0.609. The molecular weight excluding hydrogens is 172 g/mol. The third-order valence-electron chi connectivity index (χ3n) is 1.28. The minimum Gasteiger partial charge on any atom is -0.478 e. The van der Waals surface area contributed by atoms with Crippen LogP contribution in [0.1, 0.15) is 13.8 Å². The van der Waals surface area contributed by atoms with Gasteiger partial charge in [-0.05, 0) is 0 Å². The first kappa shape index (κ1) is 11.4. The van der Waals surface area contributed by atoms with Crippen LogP contribution in [-0.4, -0.2) is 22.8 Å². The average molecular weight is 184 g/mol. The van der Waals surface area contributed by atoms with Gasteiger partial charge in [0.05, 0.1) is 0 Å². The molecule has 0 aliphatic heterocycles. The molecule has 1 unspecified atom stereocenters. The molecule has 0 rings (SSSR count). The van der Waals surface area contributed by atoms with Gasteiger partial charge < -0.3 is 10.8 Å². The van der Waals surface area contributed by atoms with E-state index in [1.54, 1.807) is 6.92 Å². The van der Waals surface area contributed by atoms with E-state index in [1.807, 2.05) is 0 Å². The highest BCUT2D eigenvalue weighted by Gasteiger charge is 2.03. The van der Waals surface area contributed by atoms with Crippen molar-refractivity contribution in [2.75, 3.05) is 0 Å². The van der Waals surface area contributed by atoms with E-state index in [9.17, 15) is 9.59 Å². The fraction of sp³-hybridized carbons (Fsp3) is 0.375. The van der Waals surface area contributed by atoms with Crippen LogP contribution >= 0.6 is 0 Å². The lowest BCUT2D eigenvalue weighted by Gasteiger charge is -2.02. The van der Waals surface area contributed by atoms with Crippen molar-refractivity contribution in [3.05, 3.63) is 12.2 Å². The standard InChI is InChI=1S/C8H12N2O3/c1-5(3-4-7(12)13)8(9)10-6(2)11/h3-5H,1-2H3,(H,12,13)(H2,9,10,11)/b4-3-. The molecule has 0 aliphatic rings. The third-order valence-corrected chi connectivity index (χ3v) is 1.28. The Balaban J connectivity index is 4.35. The summed E-state index contributed by atoms with van der Waals surface area (Å²) < 4.78 is 0. The Bertz CT molecular complexity index is 269. The first-order chi connectivity index (χ1) is 5.93. The van der Waals surface area contributed by atoms with Gasteiger partial charge in [0.15, 0.2) is 0 Å². The summed E-state index contributed by atoms with van der Waals surface area (Å²) in [5.41, 5.74) is 5.39. The molecule has 0 saturated carbocycles. The Morgan fingerprint density at radius 1 is 1.54 bits per heavy atom. The van der Waals surface area contributed by atoms with Crippen LogP contribution in [0.5, 0.6) is 0 Å². The van der Waals surface area contributed by atoms with Crippen LogP contribution in [0.3, 0.4) is 0 Å².